The van der Waals surface area contributed by atoms with Gasteiger partial charge in [-0.2, -0.15) is 0 Å². The van der Waals surface area contributed by atoms with Gasteiger partial charge in [-0.1, -0.05) is 22.0 Å². The Hall–Kier alpha value is -2.22. The van der Waals surface area contributed by atoms with Crippen molar-refractivity contribution in [2.75, 3.05) is 51.6 Å². The molecule has 1 heterocycles. The highest BCUT2D eigenvalue weighted by Crippen LogP contribution is 2.19. The summed E-state index contributed by atoms with van der Waals surface area (Å²) in [5, 5.41) is 5.89. The maximum Gasteiger partial charge on any atom is 0.255 e. The van der Waals surface area contributed by atoms with Crippen molar-refractivity contribution in [1.82, 2.24) is 15.1 Å². The molecule has 0 aliphatic carbocycles. The second kappa shape index (κ2) is 10.0. The van der Waals surface area contributed by atoms with E-state index in [1.165, 1.54) is 0 Å². The van der Waals surface area contributed by atoms with Crippen LogP contribution >= 0.6 is 15.9 Å². The molecule has 7 heteroatoms. The molecule has 1 saturated heterocycles. The van der Waals surface area contributed by atoms with Crippen molar-refractivity contribution in [3.05, 3.63) is 63.6 Å². The molecule has 29 heavy (non-hydrogen) atoms. The Morgan fingerprint density at radius 2 is 1.62 bits per heavy atom. The van der Waals surface area contributed by atoms with Crippen LogP contribution < -0.4 is 10.6 Å². The number of carbonyl (C=O) groups is 2. The summed E-state index contributed by atoms with van der Waals surface area (Å²) < 4.78 is 0.917. The van der Waals surface area contributed by atoms with Crippen LogP contribution in [-0.2, 0) is 0 Å². The zero-order valence-corrected chi connectivity index (χ0v) is 18.5. The number of halogens is 1. The normalized spacial score (nSPS) is 15.1. The van der Waals surface area contributed by atoms with E-state index in [1.807, 2.05) is 25.1 Å². The van der Waals surface area contributed by atoms with Crippen LogP contribution in [0.4, 0.5) is 5.69 Å². The van der Waals surface area contributed by atoms with Crippen LogP contribution in [0.5, 0.6) is 0 Å². The van der Waals surface area contributed by atoms with Gasteiger partial charge in [-0.05, 0) is 55.9 Å². The van der Waals surface area contributed by atoms with E-state index < -0.39 is 0 Å². The number of likely N-dealkylation sites (N-methyl/N-ethyl adjacent to an activating group) is 1. The van der Waals surface area contributed by atoms with E-state index in [0.29, 0.717) is 23.4 Å². The number of aryl methyl sites for hydroxylation is 1. The summed E-state index contributed by atoms with van der Waals surface area (Å²) in [6.45, 7) is 7.55. The predicted octanol–water partition coefficient (Wildman–Crippen LogP) is 2.99. The molecule has 2 aromatic carbocycles. The fraction of sp³-hybridized carbons (Fsp3) is 0.364. The van der Waals surface area contributed by atoms with Gasteiger partial charge in [0.15, 0.2) is 0 Å². The molecule has 3 rings (SSSR count). The summed E-state index contributed by atoms with van der Waals surface area (Å²) >= 11 is 3.37. The molecular weight excluding hydrogens is 432 g/mol. The van der Waals surface area contributed by atoms with Gasteiger partial charge in [0.25, 0.3) is 11.8 Å². The third kappa shape index (κ3) is 6.13. The monoisotopic (exact) mass is 458 g/mol. The number of nitrogens with zero attached hydrogens (tertiary/aromatic N) is 2. The van der Waals surface area contributed by atoms with Crippen LogP contribution in [0.15, 0.2) is 46.9 Å². The molecule has 2 aromatic rings. The fourth-order valence-corrected chi connectivity index (χ4v) is 3.46. The van der Waals surface area contributed by atoms with Gasteiger partial charge in [-0.15, -0.1) is 0 Å². The molecule has 0 spiro atoms. The Bertz CT molecular complexity index is 862. The summed E-state index contributed by atoms with van der Waals surface area (Å²) in [5.41, 5.74) is 2.66. The molecule has 1 aliphatic heterocycles. The lowest BCUT2D eigenvalue weighted by Gasteiger charge is -2.32. The molecule has 1 fully saturated rings. The first-order chi connectivity index (χ1) is 13.9. The first kappa shape index (κ1) is 21.5. The number of amides is 2. The zero-order chi connectivity index (χ0) is 20.8. The van der Waals surface area contributed by atoms with Crippen LogP contribution in [0.1, 0.15) is 26.3 Å². The molecule has 2 N–H and O–H groups in total. The van der Waals surface area contributed by atoms with Crippen LogP contribution in [0.25, 0.3) is 0 Å². The Labute approximate surface area is 180 Å². The molecule has 0 saturated carbocycles. The number of hydrogen-bond donors (Lipinski definition) is 2. The van der Waals surface area contributed by atoms with Crippen molar-refractivity contribution in [2.24, 2.45) is 0 Å². The maximum atomic E-state index is 12.5. The second-order valence-electron chi connectivity index (χ2n) is 7.39. The van der Waals surface area contributed by atoms with Crippen molar-refractivity contribution < 1.29 is 9.59 Å². The minimum absolute atomic E-state index is 0.127. The average Bonchev–Trinajstić information content (AvgIpc) is 2.71. The maximum absolute atomic E-state index is 12.5. The molecule has 6 nitrogen and oxygen atoms in total. The van der Waals surface area contributed by atoms with Gasteiger partial charge in [-0.3, -0.25) is 14.5 Å². The van der Waals surface area contributed by atoms with Crippen molar-refractivity contribution in [3.63, 3.8) is 0 Å². The van der Waals surface area contributed by atoms with E-state index in [2.05, 4.69) is 43.4 Å². The minimum atomic E-state index is -0.201. The molecule has 0 radical (unpaired) electrons. The smallest absolute Gasteiger partial charge is 0.255 e. The number of carbonyl (C=O) groups excluding carboxylic acids is 2. The van der Waals surface area contributed by atoms with Crippen LogP contribution in [0.2, 0.25) is 0 Å². The Morgan fingerprint density at radius 3 is 2.31 bits per heavy atom. The summed E-state index contributed by atoms with van der Waals surface area (Å²) in [4.78, 5) is 29.7. The summed E-state index contributed by atoms with van der Waals surface area (Å²) in [6, 6.07) is 12.5. The van der Waals surface area contributed by atoms with Crippen LogP contribution in [0, 0.1) is 6.92 Å². The van der Waals surface area contributed by atoms with Crippen molar-refractivity contribution in [2.45, 2.75) is 6.92 Å². The Kier molecular flexibility index (Phi) is 7.41. The van der Waals surface area contributed by atoms with Gasteiger partial charge in [0.1, 0.15) is 0 Å². The summed E-state index contributed by atoms with van der Waals surface area (Å²) in [6.07, 6.45) is 0. The van der Waals surface area contributed by atoms with Crippen LogP contribution in [0.3, 0.4) is 0 Å². The zero-order valence-electron chi connectivity index (χ0n) is 16.9. The van der Waals surface area contributed by atoms with Gasteiger partial charge in [-0.25, -0.2) is 0 Å². The highest BCUT2D eigenvalue weighted by atomic mass is 79.9. The topological polar surface area (TPSA) is 64.7 Å². The molecule has 2 amide bonds. The summed E-state index contributed by atoms with van der Waals surface area (Å²) in [7, 11) is 2.13. The Morgan fingerprint density at radius 1 is 0.966 bits per heavy atom. The SMILES string of the molecule is Cc1ccc(C(=O)NCCN2CCN(C)CC2)cc1NC(=O)c1ccc(Br)cc1. The van der Waals surface area contributed by atoms with E-state index in [1.54, 1.807) is 24.3 Å². The molecule has 0 bridgehead atoms. The fourth-order valence-electron chi connectivity index (χ4n) is 3.19. The lowest BCUT2D eigenvalue weighted by molar-refractivity contribution is 0.0940. The lowest BCUT2D eigenvalue weighted by atomic mass is 10.1. The standard InChI is InChI=1S/C22H27BrN4O2/c1-16-3-4-18(21(28)24-9-10-27-13-11-26(2)12-14-27)15-20(16)25-22(29)17-5-7-19(23)8-6-17/h3-8,15H,9-14H2,1-2H3,(H,24,28)(H,25,29). The first-order valence-corrected chi connectivity index (χ1v) is 10.6. The quantitative estimate of drug-likeness (QED) is 0.698. The number of anilines is 1. The van der Waals surface area contributed by atoms with Crippen molar-refractivity contribution in [3.8, 4) is 0 Å². The number of hydrogen-bond acceptors (Lipinski definition) is 4. The highest BCUT2D eigenvalue weighted by Gasteiger charge is 2.15. The summed E-state index contributed by atoms with van der Waals surface area (Å²) in [5.74, 6) is -0.327. The predicted molar refractivity (Wildman–Crippen MR) is 120 cm³/mol. The van der Waals surface area contributed by atoms with Gasteiger partial charge in [0, 0.05) is 60.6 Å². The van der Waals surface area contributed by atoms with E-state index >= 15 is 0 Å². The first-order valence-electron chi connectivity index (χ1n) is 9.79. The van der Waals surface area contributed by atoms with E-state index in [4.69, 9.17) is 0 Å². The van der Waals surface area contributed by atoms with Gasteiger partial charge >= 0.3 is 0 Å². The van der Waals surface area contributed by atoms with E-state index in [0.717, 1.165) is 42.8 Å². The van der Waals surface area contributed by atoms with Crippen LogP contribution in [-0.4, -0.2) is 67.9 Å². The molecule has 0 unspecified atom stereocenters. The largest absolute Gasteiger partial charge is 0.351 e. The number of benzene rings is 2. The molecule has 0 atom stereocenters. The molecule has 1 aliphatic rings. The number of nitrogens with one attached hydrogen (secondary N) is 2. The van der Waals surface area contributed by atoms with E-state index in [9.17, 15) is 9.59 Å². The third-order valence-electron chi connectivity index (χ3n) is 5.16. The molecule has 154 valence electrons. The second-order valence-corrected chi connectivity index (χ2v) is 8.31. The average molecular weight is 459 g/mol. The number of rotatable bonds is 6. The Balaban J connectivity index is 1.56. The highest BCUT2D eigenvalue weighted by molar-refractivity contribution is 9.10. The van der Waals surface area contributed by atoms with E-state index in [-0.39, 0.29) is 11.8 Å². The van der Waals surface area contributed by atoms with Crippen molar-refractivity contribution >= 4 is 33.4 Å². The molecule has 0 aromatic heterocycles. The van der Waals surface area contributed by atoms with Crippen molar-refractivity contribution in [1.29, 1.82) is 0 Å². The number of piperazine rings is 1. The van der Waals surface area contributed by atoms with Gasteiger partial charge in [0.05, 0.1) is 0 Å². The molecular formula is C22H27BrN4O2. The minimum Gasteiger partial charge on any atom is -0.351 e. The lowest BCUT2D eigenvalue weighted by Crippen LogP contribution is -2.46. The van der Waals surface area contributed by atoms with Gasteiger partial charge < -0.3 is 15.5 Å². The third-order valence-corrected chi connectivity index (χ3v) is 5.69. The van der Waals surface area contributed by atoms with Gasteiger partial charge in [0.2, 0.25) is 0 Å².